The van der Waals surface area contributed by atoms with Crippen LogP contribution in [0, 0.1) is 11.8 Å². The van der Waals surface area contributed by atoms with Gasteiger partial charge in [0.15, 0.2) is 0 Å². The molecule has 24 heavy (non-hydrogen) atoms. The molecular formula is C20H18N2O2. The summed E-state index contributed by atoms with van der Waals surface area (Å²) in [6.07, 6.45) is 5.65. The van der Waals surface area contributed by atoms with E-state index < -0.39 is 0 Å². The number of carbonyl (C=O) groups excluding carboxylic acids is 1. The average Bonchev–Trinajstić information content (AvgIpc) is 2.97. The Morgan fingerprint density at radius 3 is 2.58 bits per heavy atom. The molecule has 0 N–H and O–H groups in total. The Labute approximate surface area is 141 Å². The lowest BCUT2D eigenvalue weighted by molar-refractivity contribution is 0.113. The summed E-state index contributed by atoms with van der Waals surface area (Å²) >= 11 is 0. The minimum absolute atomic E-state index is 0.0191. The van der Waals surface area contributed by atoms with E-state index in [-0.39, 0.29) is 18.2 Å². The summed E-state index contributed by atoms with van der Waals surface area (Å²) in [5, 5.41) is 0. The molecule has 1 aliphatic heterocycles. The van der Waals surface area contributed by atoms with Crippen LogP contribution in [0.3, 0.4) is 0 Å². The van der Waals surface area contributed by atoms with Crippen LogP contribution in [0.15, 0.2) is 48.7 Å². The van der Waals surface area contributed by atoms with E-state index in [1.54, 1.807) is 11.1 Å². The van der Waals surface area contributed by atoms with E-state index in [0.717, 1.165) is 36.8 Å². The van der Waals surface area contributed by atoms with Crippen molar-refractivity contribution in [2.45, 2.75) is 37.8 Å². The van der Waals surface area contributed by atoms with Gasteiger partial charge in [0.1, 0.15) is 11.9 Å². The molecule has 2 heterocycles. The first-order valence-electron chi connectivity index (χ1n) is 8.34. The van der Waals surface area contributed by atoms with Gasteiger partial charge in [-0.3, -0.25) is 4.90 Å². The minimum atomic E-state index is -0.275. The highest BCUT2D eigenvalue weighted by molar-refractivity contribution is 5.89. The standard InChI is InChI=1S/C20H18N2O2/c23-20-22(17-8-4-5-9-18(17)24-20)19-13-12-16(14-21-19)11-10-15-6-2-1-3-7-15/h1-3,6-7,12-14,17-18H,4-5,8-9H2. The van der Waals surface area contributed by atoms with Crippen molar-refractivity contribution in [3.8, 4) is 11.8 Å². The molecule has 0 spiro atoms. The van der Waals surface area contributed by atoms with Gasteiger partial charge in [0.25, 0.3) is 0 Å². The number of carbonyl (C=O) groups is 1. The Hall–Kier alpha value is -2.80. The second-order valence-electron chi connectivity index (χ2n) is 6.17. The van der Waals surface area contributed by atoms with E-state index in [0.29, 0.717) is 5.82 Å². The van der Waals surface area contributed by atoms with Gasteiger partial charge < -0.3 is 4.74 Å². The summed E-state index contributed by atoms with van der Waals surface area (Å²) in [7, 11) is 0. The summed E-state index contributed by atoms with van der Waals surface area (Å²) in [6, 6.07) is 13.7. The fourth-order valence-corrected chi connectivity index (χ4v) is 3.36. The monoisotopic (exact) mass is 318 g/mol. The largest absolute Gasteiger partial charge is 0.444 e. The molecule has 1 aliphatic carbocycles. The fourth-order valence-electron chi connectivity index (χ4n) is 3.36. The molecule has 1 amide bonds. The highest BCUT2D eigenvalue weighted by atomic mass is 16.6. The molecule has 2 unspecified atom stereocenters. The van der Waals surface area contributed by atoms with E-state index in [4.69, 9.17) is 4.74 Å². The van der Waals surface area contributed by atoms with E-state index in [1.807, 2.05) is 42.5 Å². The van der Waals surface area contributed by atoms with E-state index >= 15 is 0 Å². The zero-order valence-corrected chi connectivity index (χ0v) is 13.3. The van der Waals surface area contributed by atoms with Crippen LogP contribution in [0.1, 0.15) is 36.8 Å². The predicted octanol–water partition coefficient (Wildman–Crippen LogP) is 3.75. The molecule has 1 saturated heterocycles. The van der Waals surface area contributed by atoms with Crippen molar-refractivity contribution >= 4 is 11.9 Å². The third-order valence-corrected chi connectivity index (χ3v) is 4.57. The Bertz CT molecular complexity index is 790. The number of pyridine rings is 1. The minimum Gasteiger partial charge on any atom is -0.444 e. The lowest BCUT2D eigenvalue weighted by Crippen LogP contribution is -2.39. The number of ether oxygens (including phenoxy) is 1. The third kappa shape index (κ3) is 2.85. The van der Waals surface area contributed by atoms with Crippen LogP contribution in [-0.2, 0) is 4.74 Å². The maximum absolute atomic E-state index is 12.2. The maximum Gasteiger partial charge on any atom is 0.416 e. The van der Waals surface area contributed by atoms with Gasteiger partial charge in [0.05, 0.1) is 6.04 Å². The summed E-state index contributed by atoms with van der Waals surface area (Å²) in [4.78, 5) is 18.3. The Morgan fingerprint density at radius 2 is 1.79 bits per heavy atom. The first-order valence-corrected chi connectivity index (χ1v) is 8.34. The zero-order valence-electron chi connectivity index (χ0n) is 13.3. The Kier molecular flexibility index (Phi) is 3.92. The van der Waals surface area contributed by atoms with Gasteiger partial charge >= 0.3 is 6.09 Å². The lowest BCUT2D eigenvalue weighted by atomic mass is 9.92. The number of hydrogen-bond donors (Lipinski definition) is 0. The summed E-state index contributed by atoms with van der Waals surface area (Å²) in [6.45, 7) is 0. The number of rotatable bonds is 1. The molecule has 2 fully saturated rings. The third-order valence-electron chi connectivity index (χ3n) is 4.57. The van der Waals surface area contributed by atoms with Crippen molar-refractivity contribution < 1.29 is 9.53 Å². The number of benzene rings is 1. The molecule has 0 radical (unpaired) electrons. The molecule has 1 saturated carbocycles. The lowest BCUT2D eigenvalue weighted by Gasteiger charge is -2.27. The van der Waals surface area contributed by atoms with Crippen molar-refractivity contribution in [3.63, 3.8) is 0 Å². The zero-order chi connectivity index (χ0) is 16.4. The molecule has 2 atom stereocenters. The fraction of sp³-hybridized carbons (Fsp3) is 0.300. The SMILES string of the molecule is O=C1OC2CCCCC2N1c1ccc(C#Cc2ccccc2)cn1. The van der Waals surface area contributed by atoms with Crippen LogP contribution in [0.4, 0.5) is 10.6 Å². The highest BCUT2D eigenvalue weighted by Gasteiger charge is 2.44. The van der Waals surface area contributed by atoms with E-state index in [1.165, 1.54) is 0 Å². The average molecular weight is 318 g/mol. The highest BCUT2D eigenvalue weighted by Crippen LogP contribution is 2.34. The quantitative estimate of drug-likeness (QED) is 0.752. The molecule has 2 aromatic rings. The maximum atomic E-state index is 12.2. The molecule has 4 rings (SSSR count). The molecule has 120 valence electrons. The number of amides is 1. The first-order chi connectivity index (χ1) is 11.8. The van der Waals surface area contributed by atoms with Crippen molar-refractivity contribution in [2.75, 3.05) is 4.90 Å². The van der Waals surface area contributed by atoms with Crippen molar-refractivity contribution in [1.29, 1.82) is 0 Å². The number of aromatic nitrogens is 1. The van der Waals surface area contributed by atoms with Crippen LogP contribution in [-0.4, -0.2) is 23.2 Å². The number of fused-ring (bicyclic) bond motifs is 1. The second kappa shape index (κ2) is 6.37. The molecule has 1 aromatic heterocycles. The van der Waals surface area contributed by atoms with Gasteiger partial charge in [0, 0.05) is 17.3 Å². The van der Waals surface area contributed by atoms with Gasteiger partial charge in [-0.1, -0.05) is 36.5 Å². The molecule has 4 nitrogen and oxygen atoms in total. The molecule has 2 aliphatic rings. The second-order valence-corrected chi connectivity index (χ2v) is 6.17. The summed E-state index contributed by atoms with van der Waals surface area (Å²) in [5.41, 5.74) is 1.80. The van der Waals surface area contributed by atoms with Crippen LogP contribution in [0.2, 0.25) is 0 Å². The smallest absolute Gasteiger partial charge is 0.416 e. The van der Waals surface area contributed by atoms with E-state index in [2.05, 4.69) is 16.8 Å². The van der Waals surface area contributed by atoms with Crippen molar-refractivity contribution in [1.82, 2.24) is 4.98 Å². The van der Waals surface area contributed by atoms with Crippen LogP contribution in [0.25, 0.3) is 0 Å². The van der Waals surface area contributed by atoms with Crippen LogP contribution in [0.5, 0.6) is 0 Å². The molecule has 1 aromatic carbocycles. The van der Waals surface area contributed by atoms with Gasteiger partial charge in [-0.25, -0.2) is 9.78 Å². The number of anilines is 1. The van der Waals surface area contributed by atoms with E-state index in [9.17, 15) is 4.79 Å². The van der Waals surface area contributed by atoms with Gasteiger partial charge in [-0.15, -0.1) is 0 Å². The van der Waals surface area contributed by atoms with Gasteiger partial charge in [-0.2, -0.15) is 0 Å². The van der Waals surface area contributed by atoms with Crippen LogP contribution < -0.4 is 4.90 Å². The number of nitrogens with zero attached hydrogens (tertiary/aromatic N) is 2. The topological polar surface area (TPSA) is 42.4 Å². The molecule has 0 bridgehead atoms. The van der Waals surface area contributed by atoms with Gasteiger partial charge in [0.2, 0.25) is 0 Å². The molecule has 4 heteroatoms. The predicted molar refractivity (Wildman–Crippen MR) is 91.7 cm³/mol. The van der Waals surface area contributed by atoms with Crippen molar-refractivity contribution in [2.24, 2.45) is 0 Å². The normalized spacial score (nSPS) is 22.3. The van der Waals surface area contributed by atoms with Crippen molar-refractivity contribution in [3.05, 3.63) is 59.8 Å². The van der Waals surface area contributed by atoms with Gasteiger partial charge in [-0.05, 0) is 43.5 Å². The Balaban J connectivity index is 1.54. The summed E-state index contributed by atoms with van der Waals surface area (Å²) < 4.78 is 5.49. The Morgan fingerprint density at radius 1 is 1.00 bits per heavy atom. The first kappa shape index (κ1) is 14.8. The van der Waals surface area contributed by atoms with Crippen LogP contribution >= 0.6 is 0 Å². The number of hydrogen-bond acceptors (Lipinski definition) is 3. The molecular weight excluding hydrogens is 300 g/mol. The summed E-state index contributed by atoms with van der Waals surface area (Å²) in [5.74, 6) is 6.86.